The molecule has 0 saturated heterocycles. The number of oxazole rings is 2. The summed E-state index contributed by atoms with van der Waals surface area (Å²) in [4.78, 5) is 18.6. The maximum absolute atomic E-state index is 10.9. The summed E-state index contributed by atoms with van der Waals surface area (Å²) in [6.45, 7) is 3.70. The molecule has 90 valence electrons. The Morgan fingerprint density at radius 2 is 2.35 bits per heavy atom. The van der Waals surface area contributed by atoms with Crippen LogP contribution in [0.4, 0.5) is 0 Å². The second-order valence-corrected chi connectivity index (χ2v) is 3.16. The first-order chi connectivity index (χ1) is 8.13. The van der Waals surface area contributed by atoms with Gasteiger partial charge in [-0.25, -0.2) is 9.78 Å². The van der Waals surface area contributed by atoms with E-state index in [1.165, 1.54) is 6.39 Å². The minimum absolute atomic E-state index is 0.0425. The Hall–Kier alpha value is -2.31. The first-order valence-electron chi connectivity index (χ1n) is 4.90. The van der Waals surface area contributed by atoms with Gasteiger partial charge in [0.15, 0.2) is 6.39 Å². The number of nitrogens with zero attached hydrogens (tertiary/aromatic N) is 2. The second kappa shape index (κ2) is 4.28. The van der Waals surface area contributed by atoms with Crippen molar-refractivity contribution in [1.29, 1.82) is 0 Å². The largest absolute Gasteiger partial charge is 0.476 e. The zero-order valence-corrected chi connectivity index (χ0v) is 9.26. The van der Waals surface area contributed by atoms with Crippen molar-refractivity contribution in [2.75, 3.05) is 6.61 Å². The molecule has 0 unspecified atom stereocenters. The van der Waals surface area contributed by atoms with Crippen LogP contribution in [0, 0.1) is 6.92 Å². The van der Waals surface area contributed by atoms with Gasteiger partial charge in [-0.15, -0.1) is 0 Å². The van der Waals surface area contributed by atoms with Crippen LogP contribution < -0.4 is 4.74 Å². The molecule has 0 bridgehead atoms. The van der Waals surface area contributed by atoms with Gasteiger partial charge in [0.05, 0.1) is 12.3 Å². The minimum atomic E-state index is -1.22. The predicted molar refractivity (Wildman–Crippen MR) is 54.9 cm³/mol. The molecule has 7 heteroatoms. The van der Waals surface area contributed by atoms with E-state index >= 15 is 0 Å². The Kier molecular flexibility index (Phi) is 2.82. The summed E-state index contributed by atoms with van der Waals surface area (Å²) < 4.78 is 15.3. The molecule has 0 fully saturated rings. The van der Waals surface area contributed by atoms with E-state index in [1.807, 2.05) is 0 Å². The van der Waals surface area contributed by atoms with E-state index in [4.69, 9.17) is 18.7 Å². The first kappa shape index (κ1) is 11.2. The van der Waals surface area contributed by atoms with Gasteiger partial charge in [-0.05, 0) is 13.8 Å². The van der Waals surface area contributed by atoms with Crippen LogP contribution in [0.5, 0.6) is 5.95 Å². The third kappa shape index (κ3) is 1.99. The van der Waals surface area contributed by atoms with Gasteiger partial charge in [0, 0.05) is 0 Å². The Bertz CT molecular complexity index is 543. The predicted octanol–water partition coefficient (Wildman–Crippen LogP) is 1.73. The molecule has 0 radical (unpaired) electrons. The molecule has 2 aromatic rings. The fraction of sp³-hybridized carbons (Fsp3) is 0.300. The van der Waals surface area contributed by atoms with Crippen molar-refractivity contribution in [3.05, 3.63) is 17.8 Å². The number of aromatic carboxylic acids is 1. The van der Waals surface area contributed by atoms with Gasteiger partial charge < -0.3 is 18.7 Å². The summed E-state index contributed by atoms with van der Waals surface area (Å²) >= 11 is 0. The average molecular weight is 238 g/mol. The lowest BCUT2D eigenvalue weighted by atomic mass is 10.4. The quantitative estimate of drug-likeness (QED) is 0.865. The maximum atomic E-state index is 10.9. The van der Waals surface area contributed by atoms with E-state index in [2.05, 4.69) is 9.97 Å². The Morgan fingerprint density at radius 3 is 2.88 bits per heavy atom. The van der Waals surface area contributed by atoms with Crippen molar-refractivity contribution >= 4 is 5.97 Å². The van der Waals surface area contributed by atoms with Crippen LogP contribution in [0.25, 0.3) is 11.7 Å². The number of hydrogen-bond acceptors (Lipinski definition) is 6. The molecule has 0 amide bonds. The molecule has 7 nitrogen and oxygen atoms in total. The zero-order chi connectivity index (χ0) is 12.4. The fourth-order valence-corrected chi connectivity index (χ4v) is 1.27. The monoisotopic (exact) mass is 238 g/mol. The lowest BCUT2D eigenvalue weighted by Gasteiger charge is -1.96. The highest BCUT2D eigenvalue weighted by molar-refractivity contribution is 5.88. The van der Waals surface area contributed by atoms with E-state index in [1.54, 1.807) is 13.8 Å². The van der Waals surface area contributed by atoms with Crippen LogP contribution in [0.1, 0.15) is 23.1 Å². The van der Waals surface area contributed by atoms with Gasteiger partial charge in [0.25, 0.3) is 5.89 Å². The number of aromatic nitrogens is 2. The molecule has 2 rings (SSSR count). The Balaban J connectivity index is 2.47. The van der Waals surface area contributed by atoms with Gasteiger partial charge in [0.2, 0.25) is 11.5 Å². The topological polar surface area (TPSA) is 98.6 Å². The molecule has 0 spiro atoms. The summed E-state index contributed by atoms with van der Waals surface area (Å²) in [6, 6.07) is 0. The number of aryl methyl sites for hydroxylation is 1. The minimum Gasteiger partial charge on any atom is -0.476 e. The van der Waals surface area contributed by atoms with E-state index in [0.29, 0.717) is 11.5 Å². The standard InChI is InChI=1S/C10H10N2O5/c1-3-15-10-6(9(13)14)12-8(17-10)7-5(2)11-4-16-7/h4H,3H2,1-2H3,(H,13,14). The lowest BCUT2D eigenvalue weighted by Crippen LogP contribution is -2.01. The molecule has 17 heavy (non-hydrogen) atoms. The average Bonchev–Trinajstić information content (AvgIpc) is 2.84. The van der Waals surface area contributed by atoms with Crippen LogP contribution >= 0.6 is 0 Å². The van der Waals surface area contributed by atoms with Crippen LogP contribution in [0.2, 0.25) is 0 Å². The Labute approximate surface area is 96.0 Å². The van der Waals surface area contributed by atoms with E-state index in [9.17, 15) is 4.79 Å². The third-order valence-electron chi connectivity index (χ3n) is 2.01. The second-order valence-electron chi connectivity index (χ2n) is 3.16. The van der Waals surface area contributed by atoms with E-state index in [-0.39, 0.29) is 24.1 Å². The molecular formula is C10H10N2O5. The van der Waals surface area contributed by atoms with Gasteiger partial charge in [-0.2, -0.15) is 4.98 Å². The van der Waals surface area contributed by atoms with Crippen molar-refractivity contribution in [1.82, 2.24) is 9.97 Å². The molecular weight excluding hydrogens is 228 g/mol. The fourth-order valence-electron chi connectivity index (χ4n) is 1.27. The van der Waals surface area contributed by atoms with E-state index < -0.39 is 5.97 Å². The number of carbonyl (C=O) groups is 1. The molecule has 0 aliphatic rings. The third-order valence-corrected chi connectivity index (χ3v) is 2.01. The number of hydrogen-bond donors (Lipinski definition) is 1. The highest BCUT2D eigenvalue weighted by Gasteiger charge is 2.24. The molecule has 0 saturated carbocycles. The summed E-state index contributed by atoms with van der Waals surface area (Å²) in [5.41, 5.74) is 0.281. The lowest BCUT2D eigenvalue weighted by molar-refractivity contribution is 0.0683. The van der Waals surface area contributed by atoms with Crippen molar-refractivity contribution in [2.45, 2.75) is 13.8 Å². The van der Waals surface area contributed by atoms with Gasteiger partial charge in [0.1, 0.15) is 0 Å². The molecule has 0 atom stereocenters. The summed E-state index contributed by atoms with van der Waals surface area (Å²) in [5, 5.41) is 8.92. The molecule has 0 aromatic carbocycles. The maximum Gasteiger partial charge on any atom is 0.362 e. The zero-order valence-electron chi connectivity index (χ0n) is 9.26. The van der Waals surface area contributed by atoms with Crippen LogP contribution in [-0.4, -0.2) is 27.7 Å². The van der Waals surface area contributed by atoms with Gasteiger partial charge >= 0.3 is 11.9 Å². The molecule has 2 heterocycles. The molecule has 0 aliphatic carbocycles. The normalized spacial score (nSPS) is 10.5. The number of ether oxygens (including phenoxy) is 1. The summed E-state index contributed by atoms with van der Waals surface area (Å²) in [7, 11) is 0. The Morgan fingerprint density at radius 1 is 1.59 bits per heavy atom. The smallest absolute Gasteiger partial charge is 0.362 e. The highest BCUT2D eigenvalue weighted by Crippen LogP contribution is 2.28. The number of carboxylic acids is 1. The van der Waals surface area contributed by atoms with Gasteiger partial charge in [-0.3, -0.25) is 0 Å². The first-order valence-corrected chi connectivity index (χ1v) is 4.90. The van der Waals surface area contributed by atoms with Gasteiger partial charge in [-0.1, -0.05) is 0 Å². The van der Waals surface area contributed by atoms with Crippen molar-refractivity contribution in [3.8, 4) is 17.6 Å². The highest BCUT2D eigenvalue weighted by atomic mass is 16.6. The van der Waals surface area contributed by atoms with E-state index in [0.717, 1.165) is 0 Å². The SMILES string of the molecule is CCOc1oc(-c2ocnc2C)nc1C(=O)O. The van der Waals surface area contributed by atoms with Crippen molar-refractivity contribution < 1.29 is 23.5 Å². The molecule has 1 N–H and O–H groups in total. The van der Waals surface area contributed by atoms with Crippen molar-refractivity contribution in [3.63, 3.8) is 0 Å². The van der Waals surface area contributed by atoms with Crippen molar-refractivity contribution in [2.24, 2.45) is 0 Å². The molecule has 0 aliphatic heterocycles. The summed E-state index contributed by atoms with van der Waals surface area (Å²) in [5.74, 6) is -1.02. The summed E-state index contributed by atoms with van der Waals surface area (Å²) in [6.07, 6.45) is 1.23. The molecule has 2 aromatic heterocycles. The van der Waals surface area contributed by atoms with Crippen LogP contribution in [-0.2, 0) is 0 Å². The van der Waals surface area contributed by atoms with Crippen LogP contribution in [0.15, 0.2) is 15.2 Å². The number of rotatable bonds is 4. The number of carboxylic acid groups (broad SMARTS) is 1. The van der Waals surface area contributed by atoms with Crippen LogP contribution in [0.3, 0.4) is 0 Å².